The Kier molecular flexibility index (Phi) is 1.85. The number of benzene rings is 2. The van der Waals surface area contributed by atoms with Crippen molar-refractivity contribution in [3.63, 3.8) is 0 Å². The Bertz CT molecular complexity index is 548. The first kappa shape index (κ1) is 8.14. The van der Waals surface area contributed by atoms with Crippen LogP contribution >= 0.6 is 0 Å². The van der Waals surface area contributed by atoms with Gasteiger partial charge in [0.05, 0.1) is 0 Å². The second-order valence-electron chi connectivity index (χ2n) is 3.27. The number of fused-ring (bicyclic) bond motifs is 2. The van der Waals surface area contributed by atoms with Crippen LogP contribution < -0.4 is 14.7 Å². The minimum absolute atomic E-state index is 0.165. The summed E-state index contributed by atoms with van der Waals surface area (Å²) in [7, 11) is 0. The summed E-state index contributed by atoms with van der Waals surface area (Å²) >= 11 is 0.165. The minimum atomic E-state index is 0.165. The molecule has 0 atom stereocenters. The van der Waals surface area contributed by atoms with Crippen molar-refractivity contribution >= 4 is 25.3 Å². The molecule has 0 unspecified atom stereocenters. The first-order valence-electron chi connectivity index (χ1n) is 4.60. The normalized spacial score (nSPS) is 13.1. The Morgan fingerprint density at radius 2 is 1.64 bits per heavy atom. The summed E-state index contributed by atoms with van der Waals surface area (Å²) in [6.07, 6.45) is 0. The van der Waals surface area contributed by atoms with Crippen LogP contribution in [0.1, 0.15) is 0 Å². The first-order valence-corrected chi connectivity index (χ1v) is 6.48. The van der Waals surface area contributed by atoms with Gasteiger partial charge in [0.2, 0.25) is 0 Å². The Hall–Kier alpha value is -1.20. The number of para-hydroxylation sites is 2. The van der Waals surface area contributed by atoms with Crippen LogP contribution in [0.15, 0.2) is 48.5 Å². The third-order valence-electron chi connectivity index (χ3n) is 2.32. The second-order valence-corrected chi connectivity index (χ2v) is 5.76. The van der Waals surface area contributed by atoms with Crippen molar-refractivity contribution < 1.29 is 4.99 Å². The summed E-state index contributed by atoms with van der Waals surface area (Å²) in [5, 5.41) is 1.28. The van der Waals surface area contributed by atoms with Crippen LogP contribution in [-0.2, 0) is 0 Å². The summed E-state index contributed by atoms with van der Waals surface area (Å²) in [5.74, 6) is 0. The molecule has 2 aromatic carbocycles. The van der Waals surface area contributed by atoms with E-state index in [9.17, 15) is 0 Å². The zero-order valence-corrected chi connectivity index (χ0v) is 9.44. The molecule has 0 radical (unpaired) electrons. The number of rotatable bonds is 0. The zero-order valence-electron chi connectivity index (χ0n) is 7.57. The average Bonchev–Trinajstić information content (AvgIpc) is 2.26. The van der Waals surface area contributed by atoms with E-state index in [-0.39, 0.29) is 15.3 Å². The molecule has 2 aromatic rings. The number of hydrogen-bond donors (Lipinski definition) is 1. The Morgan fingerprint density at radius 1 is 0.857 bits per heavy atom. The standard InChI is InChI=1S/C12H8AsN/c1-3-7-11-9(5-1)13-10-6-2-4-8-12(10)14-11/h1-8H/p+1. The van der Waals surface area contributed by atoms with E-state index in [0.717, 1.165) is 0 Å². The molecular weight excluding hydrogens is 233 g/mol. The molecule has 0 bridgehead atoms. The van der Waals surface area contributed by atoms with E-state index < -0.39 is 0 Å². The topological polar surface area (TPSA) is 14.0 Å². The molecule has 0 spiro atoms. The first-order chi connectivity index (χ1) is 6.93. The summed E-state index contributed by atoms with van der Waals surface area (Å²) in [5.41, 5.74) is 1.28. The molecule has 0 aromatic heterocycles. The van der Waals surface area contributed by atoms with Crippen molar-refractivity contribution in [2.24, 2.45) is 0 Å². The van der Waals surface area contributed by atoms with Crippen molar-refractivity contribution in [1.82, 2.24) is 0 Å². The van der Waals surface area contributed by atoms with Crippen molar-refractivity contribution in [1.29, 1.82) is 0 Å². The fourth-order valence-electron chi connectivity index (χ4n) is 1.63. The molecule has 1 nitrogen and oxygen atoms in total. The van der Waals surface area contributed by atoms with Gasteiger partial charge in [-0.3, -0.25) is 0 Å². The van der Waals surface area contributed by atoms with Gasteiger partial charge in [0.1, 0.15) is 0 Å². The third kappa shape index (κ3) is 1.25. The second kappa shape index (κ2) is 3.18. The fraction of sp³-hybridized carbons (Fsp3) is 0. The third-order valence-corrected chi connectivity index (χ3v) is 4.97. The van der Waals surface area contributed by atoms with Crippen molar-refractivity contribution in [3.05, 3.63) is 57.8 Å². The molecule has 14 heavy (non-hydrogen) atoms. The van der Waals surface area contributed by atoms with E-state index in [1.807, 2.05) is 0 Å². The summed E-state index contributed by atoms with van der Waals surface area (Å²) < 4.78 is 2.95. The van der Waals surface area contributed by atoms with Crippen LogP contribution in [0.25, 0.3) is 0 Å². The van der Waals surface area contributed by atoms with Gasteiger partial charge >= 0.3 is 88.2 Å². The monoisotopic (exact) mass is 242 g/mol. The molecule has 3 rings (SSSR count). The van der Waals surface area contributed by atoms with Crippen molar-refractivity contribution in [2.75, 3.05) is 0 Å². The summed E-state index contributed by atoms with van der Waals surface area (Å²) in [6.45, 7) is 0. The van der Waals surface area contributed by atoms with Crippen molar-refractivity contribution in [2.45, 2.75) is 0 Å². The molecule has 1 aliphatic rings. The fourth-order valence-corrected chi connectivity index (χ4v) is 3.90. The zero-order chi connectivity index (χ0) is 9.38. The molecule has 0 saturated carbocycles. The van der Waals surface area contributed by atoms with Crippen LogP contribution in [0.4, 0.5) is 5.69 Å². The van der Waals surface area contributed by atoms with Gasteiger partial charge in [0.25, 0.3) is 0 Å². The Balaban J connectivity index is 2.42. The molecule has 0 fully saturated rings. The van der Waals surface area contributed by atoms with Gasteiger partial charge in [-0.05, 0) is 0 Å². The number of hydrogen-bond acceptors (Lipinski definition) is 0. The SMILES string of the molecule is c1ccc2c(c1)[NH+]=c1ccccc1=[As]2. The summed E-state index contributed by atoms with van der Waals surface area (Å²) in [6, 6.07) is 17.1. The summed E-state index contributed by atoms with van der Waals surface area (Å²) in [4.78, 5) is 3.46. The van der Waals surface area contributed by atoms with E-state index in [2.05, 4.69) is 53.5 Å². The Morgan fingerprint density at radius 3 is 2.64 bits per heavy atom. The Labute approximate surface area is 88.3 Å². The van der Waals surface area contributed by atoms with Gasteiger partial charge in [-0.25, -0.2) is 0 Å². The molecule has 1 heterocycles. The van der Waals surface area contributed by atoms with Crippen molar-refractivity contribution in [3.8, 4) is 0 Å². The predicted octanol–water partition coefficient (Wildman–Crippen LogP) is -0.688. The molecule has 1 N–H and O–H groups in total. The van der Waals surface area contributed by atoms with Crippen LogP contribution in [0.5, 0.6) is 0 Å². The van der Waals surface area contributed by atoms with E-state index in [0.29, 0.717) is 0 Å². The molecule has 0 aliphatic carbocycles. The van der Waals surface area contributed by atoms with Gasteiger partial charge in [0, 0.05) is 0 Å². The maximum atomic E-state index is 3.46. The predicted molar refractivity (Wildman–Crippen MR) is 56.5 cm³/mol. The molecule has 1 aliphatic heterocycles. The van der Waals surface area contributed by atoms with Gasteiger partial charge in [-0.2, -0.15) is 0 Å². The van der Waals surface area contributed by atoms with Gasteiger partial charge in [-0.15, -0.1) is 0 Å². The van der Waals surface area contributed by atoms with E-state index in [4.69, 9.17) is 0 Å². The van der Waals surface area contributed by atoms with Gasteiger partial charge in [-0.1, -0.05) is 0 Å². The van der Waals surface area contributed by atoms with Crippen LogP contribution in [0, 0.1) is 3.95 Å². The van der Waals surface area contributed by atoms with Crippen LogP contribution in [-0.4, -0.2) is 15.3 Å². The van der Waals surface area contributed by atoms with E-state index >= 15 is 0 Å². The van der Waals surface area contributed by atoms with E-state index in [1.165, 1.54) is 19.3 Å². The quantitative estimate of drug-likeness (QED) is 0.502. The molecular formula is C12H9AsN+. The maximum absolute atomic E-state index is 3.46. The molecule has 2 heteroatoms. The van der Waals surface area contributed by atoms with Gasteiger partial charge in [0.15, 0.2) is 0 Å². The molecule has 0 amide bonds. The molecule has 0 saturated heterocycles. The van der Waals surface area contributed by atoms with Crippen LogP contribution in [0.3, 0.4) is 0 Å². The molecule has 66 valence electrons. The average molecular weight is 242 g/mol. The van der Waals surface area contributed by atoms with Gasteiger partial charge < -0.3 is 0 Å². The van der Waals surface area contributed by atoms with Crippen LogP contribution in [0.2, 0.25) is 0 Å². The number of nitrogens with one attached hydrogen (secondary N) is 1. The van der Waals surface area contributed by atoms with E-state index in [1.54, 1.807) is 0 Å².